The molecule has 2 fully saturated rings. The molecule has 0 saturated heterocycles. The fourth-order valence-corrected chi connectivity index (χ4v) is 5.71. The van der Waals surface area contributed by atoms with Crippen LogP contribution in [0.5, 0.6) is 0 Å². The van der Waals surface area contributed by atoms with Crippen LogP contribution in [0, 0.1) is 34.5 Å². The van der Waals surface area contributed by atoms with Crippen molar-refractivity contribution in [1.82, 2.24) is 0 Å². The highest BCUT2D eigenvalue weighted by molar-refractivity contribution is 5.83. The summed E-state index contributed by atoms with van der Waals surface area (Å²) in [4.78, 5) is 13.1. The lowest BCUT2D eigenvalue weighted by molar-refractivity contribution is -0.356. The van der Waals surface area contributed by atoms with Gasteiger partial charge in [-0.05, 0) is 42.4 Å². The number of hydrogen-bond donors (Lipinski definition) is 3. The zero-order valence-electron chi connectivity index (χ0n) is 15.7. The molecule has 0 bridgehead atoms. The van der Waals surface area contributed by atoms with E-state index in [4.69, 9.17) is 0 Å². The molecule has 138 valence electrons. The summed E-state index contributed by atoms with van der Waals surface area (Å²) in [6.45, 7) is 13.7. The molecule has 0 amide bonds. The van der Waals surface area contributed by atoms with Crippen molar-refractivity contribution in [1.29, 1.82) is 0 Å². The van der Waals surface area contributed by atoms with Crippen molar-refractivity contribution in [2.75, 3.05) is 0 Å². The fraction of sp³-hybridized carbons (Fsp3) is 0.850. The van der Waals surface area contributed by atoms with Gasteiger partial charge in [-0.2, -0.15) is 0 Å². The molecule has 0 spiro atoms. The summed E-state index contributed by atoms with van der Waals surface area (Å²) in [6.07, 6.45) is 2.95. The van der Waals surface area contributed by atoms with E-state index in [1.165, 1.54) is 0 Å². The molecule has 4 nitrogen and oxygen atoms in total. The molecule has 0 aromatic heterocycles. The van der Waals surface area contributed by atoms with E-state index in [2.05, 4.69) is 20.4 Å². The van der Waals surface area contributed by atoms with Gasteiger partial charge in [0.1, 0.15) is 11.9 Å². The van der Waals surface area contributed by atoms with Crippen LogP contribution in [0.4, 0.5) is 0 Å². The van der Waals surface area contributed by atoms with Gasteiger partial charge in [-0.15, -0.1) is 6.58 Å². The first-order chi connectivity index (χ1) is 10.9. The molecule has 1 unspecified atom stereocenters. The van der Waals surface area contributed by atoms with Gasteiger partial charge in [-0.25, -0.2) is 0 Å². The summed E-state index contributed by atoms with van der Waals surface area (Å²) in [5.74, 6) is -2.56. The minimum atomic E-state index is -2.25. The van der Waals surface area contributed by atoms with Gasteiger partial charge in [0, 0.05) is 17.8 Å². The van der Waals surface area contributed by atoms with Crippen LogP contribution in [0.1, 0.15) is 60.3 Å². The van der Waals surface area contributed by atoms with Crippen molar-refractivity contribution in [3.8, 4) is 0 Å². The van der Waals surface area contributed by atoms with E-state index in [9.17, 15) is 20.1 Å². The predicted molar refractivity (Wildman–Crippen MR) is 94.0 cm³/mol. The molecule has 2 saturated carbocycles. The summed E-state index contributed by atoms with van der Waals surface area (Å²) in [6, 6.07) is 0. The highest BCUT2D eigenvalue weighted by Crippen LogP contribution is 2.64. The average Bonchev–Trinajstić information content (AvgIpc) is 2.44. The number of carbonyl (C=O) groups excluding carboxylic acids is 1. The molecular formula is C20H34O4. The molecule has 2 aliphatic carbocycles. The van der Waals surface area contributed by atoms with E-state index in [0.717, 1.165) is 12.8 Å². The van der Waals surface area contributed by atoms with Crippen LogP contribution in [0.2, 0.25) is 0 Å². The third kappa shape index (κ3) is 2.77. The van der Waals surface area contributed by atoms with Gasteiger partial charge in [0.05, 0.1) is 0 Å². The van der Waals surface area contributed by atoms with Gasteiger partial charge >= 0.3 is 0 Å². The summed E-state index contributed by atoms with van der Waals surface area (Å²) >= 11 is 0. The monoisotopic (exact) mass is 338 g/mol. The topological polar surface area (TPSA) is 77.8 Å². The van der Waals surface area contributed by atoms with Crippen LogP contribution >= 0.6 is 0 Å². The Labute approximate surface area is 146 Å². The average molecular weight is 338 g/mol. The Kier molecular flexibility index (Phi) is 5.09. The van der Waals surface area contributed by atoms with Crippen molar-refractivity contribution in [3.63, 3.8) is 0 Å². The quantitative estimate of drug-likeness (QED) is 0.544. The number of aliphatic hydroxyl groups is 3. The SMILES string of the molecule is C=C[C@@H](C)CC(=O)[C@H]1[C@@H](C)CC[C@H]2C(C)(C)CC(O)C(O)(O)[C@]12C. The normalized spacial score (nSPS) is 42.0. The maximum atomic E-state index is 13.1. The highest BCUT2D eigenvalue weighted by Gasteiger charge is 2.68. The number of fused-ring (bicyclic) bond motifs is 1. The maximum absolute atomic E-state index is 13.1. The highest BCUT2D eigenvalue weighted by atomic mass is 16.5. The van der Waals surface area contributed by atoms with Gasteiger partial charge in [0.2, 0.25) is 0 Å². The molecule has 0 radical (unpaired) electrons. The first-order valence-corrected chi connectivity index (χ1v) is 9.17. The fourth-order valence-electron chi connectivity index (χ4n) is 5.71. The van der Waals surface area contributed by atoms with Crippen LogP contribution < -0.4 is 0 Å². The Balaban J connectivity index is 2.52. The zero-order valence-corrected chi connectivity index (χ0v) is 15.7. The van der Waals surface area contributed by atoms with Crippen LogP contribution in [-0.2, 0) is 4.79 Å². The van der Waals surface area contributed by atoms with Crippen LogP contribution in [0.15, 0.2) is 12.7 Å². The molecule has 0 heterocycles. The van der Waals surface area contributed by atoms with E-state index in [1.54, 1.807) is 13.0 Å². The van der Waals surface area contributed by atoms with E-state index in [1.807, 2.05) is 13.8 Å². The number of Topliss-reactive ketones (excluding diaryl/α,β-unsaturated/α-hetero) is 1. The first kappa shape index (κ1) is 19.6. The lowest BCUT2D eigenvalue weighted by Crippen LogP contribution is -2.71. The van der Waals surface area contributed by atoms with Crippen molar-refractivity contribution in [3.05, 3.63) is 12.7 Å². The zero-order chi connectivity index (χ0) is 18.5. The number of rotatable bonds is 4. The van der Waals surface area contributed by atoms with E-state index < -0.39 is 23.2 Å². The summed E-state index contributed by atoms with van der Waals surface area (Å²) < 4.78 is 0. The second-order valence-electron chi connectivity index (χ2n) is 9.19. The molecule has 2 rings (SSSR count). The summed E-state index contributed by atoms with van der Waals surface area (Å²) in [5.41, 5.74) is -1.30. The Hall–Kier alpha value is -0.710. The second kappa shape index (κ2) is 6.22. The summed E-state index contributed by atoms with van der Waals surface area (Å²) in [7, 11) is 0. The van der Waals surface area contributed by atoms with Crippen molar-refractivity contribution in [2.24, 2.45) is 34.5 Å². The molecule has 0 aromatic rings. The molecule has 6 atom stereocenters. The van der Waals surface area contributed by atoms with Crippen molar-refractivity contribution in [2.45, 2.75) is 72.2 Å². The third-order valence-electron chi connectivity index (χ3n) is 7.04. The van der Waals surface area contributed by atoms with Gasteiger partial charge in [0.25, 0.3) is 0 Å². The largest absolute Gasteiger partial charge is 0.387 e. The first-order valence-electron chi connectivity index (χ1n) is 9.17. The van der Waals surface area contributed by atoms with Crippen LogP contribution in [0.3, 0.4) is 0 Å². The number of carbonyl (C=O) groups is 1. The molecule has 0 aromatic carbocycles. The summed E-state index contributed by atoms with van der Waals surface area (Å²) in [5, 5.41) is 32.2. The van der Waals surface area contributed by atoms with E-state index >= 15 is 0 Å². The lowest BCUT2D eigenvalue weighted by Gasteiger charge is -2.64. The molecule has 2 aliphatic rings. The maximum Gasteiger partial charge on any atom is 0.195 e. The minimum Gasteiger partial charge on any atom is -0.387 e. The van der Waals surface area contributed by atoms with Gasteiger partial charge in [-0.3, -0.25) is 4.79 Å². The Morgan fingerprint density at radius 3 is 2.42 bits per heavy atom. The number of allylic oxidation sites excluding steroid dienone is 1. The molecular weight excluding hydrogens is 304 g/mol. The van der Waals surface area contributed by atoms with Gasteiger partial charge in [-0.1, -0.05) is 40.7 Å². The number of ketones is 1. The minimum absolute atomic E-state index is 0.0208. The second-order valence-corrected chi connectivity index (χ2v) is 9.19. The standard InChI is InChI=1S/C20H34O4/c1-7-12(2)10-14(21)17-13(3)8-9-15-18(4,5)11-16(22)20(23,24)19(15,17)6/h7,12-13,15-17,22-24H,1,8-11H2,2-6H3/t12-,13+,15+,16?,17-,19+/m1/s1. The van der Waals surface area contributed by atoms with Crippen LogP contribution in [-0.4, -0.2) is 33.0 Å². The van der Waals surface area contributed by atoms with Crippen molar-refractivity contribution >= 4 is 5.78 Å². The van der Waals surface area contributed by atoms with Crippen molar-refractivity contribution < 1.29 is 20.1 Å². The smallest absolute Gasteiger partial charge is 0.195 e. The lowest BCUT2D eigenvalue weighted by atomic mass is 9.43. The van der Waals surface area contributed by atoms with Gasteiger partial charge < -0.3 is 15.3 Å². The van der Waals surface area contributed by atoms with E-state index in [-0.39, 0.29) is 29.0 Å². The predicted octanol–water partition coefficient (Wildman–Crippen LogP) is 2.91. The molecule has 4 heteroatoms. The molecule has 24 heavy (non-hydrogen) atoms. The van der Waals surface area contributed by atoms with E-state index in [0.29, 0.717) is 12.8 Å². The Morgan fingerprint density at radius 1 is 1.29 bits per heavy atom. The molecule has 3 N–H and O–H groups in total. The number of hydrogen-bond acceptors (Lipinski definition) is 4. The Bertz CT molecular complexity index is 510. The number of aliphatic hydroxyl groups excluding tert-OH is 1. The van der Waals surface area contributed by atoms with Crippen LogP contribution in [0.25, 0.3) is 0 Å². The third-order valence-corrected chi connectivity index (χ3v) is 7.04. The van der Waals surface area contributed by atoms with Gasteiger partial charge in [0.15, 0.2) is 5.79 Å². The Morgan fingerprint density at radius 2 is 1.88 bits per heavy atom. The molecule has 0 aliphatic heterocycles.